The minimum absolute atomic E-state index is 0.0638. The van der Waals surface area contributed by atoms with Gasteiger partial charge in [0, 0.05) is 11.4 Å². The minimum Gasteiger partial charge on any atom is -0.497 e. The summed E-state index contributed by atoms with van der Waals surface area (Å²) in [5.74, 6) is 1.27. The molecule has 226 valence electrons. The summed E-state index contributed by atoms with van der Waals surface area (Å²) in [4.78, 5) is 0.128. The molecule has 5 rings (SSSR count). The number of rotatable bonds is 12. The first kappa shape index (κ1) is 30.3. The standard InChI is InChI=1S/C32H30N4O6S2/c1-41-25-17-13-23(14-18-25)33-29-21-32(36-44(39,40)28-11-7-4-8-12-28)30(34-24-15-19-26(42-2)20-16-24)22-31(29)35-43(37,38)27-9-5-3-6-10-27/h3-22,33-36H,1-2H3. The summed E-state index contributed by atoms with van der Waals surface area (Å²) >= 11 is 0. The lowest BCUT2D eigenvalue weighted by atomic mass is 10.2. The van der Waals surface area contributed by atoms with E-state index < -0.39 is 20.0 Å². The molecule has 0 radical (unpaired) electrons. The van der Waals surface area contributed by atoms with E-state index in [0.717, 1.165) is 0 Å². The SMILES string of the molecule is COc1ccc(Nc2cc(NS(=O)(=O)c3ccccc3)c(Nc3ccc(OC)cc3)cc2NS(=O)(=O)c2ccccc2)cc1. The molecule has 0 saturated heterocycles. The Morgan fingerprint density at radius 2 is 0.795 bits per heavy atom. The second-order valence-electron chi connectivity index (χ2n) is 9.49. The number of benzene rings is 5. The fourth-order valence-electron chi connectivity index (χ4n) is 4.24. The van der Waals surface area contributed by atoms with Gasteiger partial charge in [-0.15, -0.1) is 0 Å². The molecular formula is C32H30N4O6S2. The van der Waals surface area contributed by atoms with Gasteiger partial charge in [0.05, 0.1) is 46.8 Å². The van der Waals surface area contributed by atoms with Gasteiger partial charge >= 0.3 is 0 Å². The van der Waals surface area contributed by atoms with E-state index in [1.165, 1.54) is 36.4 Å². The maximum atomic E-state index is 13.4. The Labute approximate surface area is 256 Å². The summed E-state index contributed by atoms with van der Waals surface area (Å²) in [5, 5.41) is 6.42. The first-order valence-electron chi connectivity index (χ1n) is 13.3. The molecule has 0 aliphatic rings. The molecule has 0 atom stereocenters. The zero-order valence-corrected chi connectivity index (χ0v) is 25.4. The summed E-state index contributed by atoms with van der Waals surface area (Å²) in [7, 11) is -4.93. The zero-order valence-electron chi connectivity index (χ0n) is 23.8. The van der Waals surface area contributed by atoms with Crippen molar-refractivity contribution in [1.29, 1.82) is 0 Å². The minimum atomic E-state index is -4.02. The lowest BCUT2D eigenvalue weighted by molar-refractivity contribution is 0.415. The van der Waals surface area contributed by atoms with E-state index in [0.29, 0.717) is 34.2 Å². The normalized spacial score (nSPS) is 11.3. The van der Waals surface area contributed by atoms with Crippen LogP contribution in [0, 0.1) is 0 Å². The molecule has 0 amide bonds. The van der Waals surface area contributed by atoms with E-state index in [1.807, 2.05) is 0 Å². The number of hydrogen-bond acceptors (Lipinski definition) is 8. The molecule has 0 aliphatic carbocycles. The molecule has 0 spiro atoms. The molecule has 0 unspecified atom stereocenters. The molecule has 10 nitrogen and oxygen atoms in total. The van der Waals surface area contributed by atoms with E-state index in [4.69, 9.17) is 9.47 Å². The molecule has 0 fully saturated rings. The molecule has 0 bridgehead atoms. The monoisotopic (exact) mass is 630 g/mol. The Morgan fingerprint density at radius 3 is 1.11 bits per heavy atom. The van der Waals surface area contributed by atoms with Gasteiger partial charge in [0.25, 0.3) is 20.0 Å². The van der Waals surface area contributed by atoms with Crippen LogP contribution in [0.1, 0.15) is 0 Å². The first-order valence-corrected chi connectivity index (χ1v) is 16.3. The highest BCUT2D eigenvalue weighted by atomic mass is 32.2. The van der Waals surface area contributed by atoms with E-state index in [2.05, 4.69) is 20.1 Å². The predicted octanol–water partition coefficient (Wildman–Crippen LogP) is 6.79. The van der Waals surface area contributed by atoms with Gasteiger partial charge in [0.1, 0.15) is 11.5 Å². The topological polar surface area (TPSA) is 135 Å². The lowest BCUT2D eigenvalue weighted by Gasteiger charge is -2.21. The molecule has 5 aromatic carbocycles. The van der Waals surface area contributed by atoms with Crippen molar-refractivity contribution in [2.75, 3.05) is 34.3 Å². The smallest absolute Gasteiger partial charge is 0.261 e. The zero-order chi connectivity index (χ0) is 31.2. The van der Waals surface area contributed by atoms with Gasteiger partial charge in [-0.2, -0.15) is 0 Å². The number of methoxy groups -OCH3 is 2. The predicted molar refractivity (Wildman–Crippen MR) is 173 cm³/mol. The summed E-state index contributed by atoms with van der Waals surface area (Å²) < 4.78 is 69.5. The summed E-state index contributed by atoms with van der Waals surface area (Å²) in [6.07, 6.45) is 0. The molecule has 4 N–H and O–H groups in total. The summed E-state index contributed by atoms with van der Waals surface area (Å²) in [6.45, 7) is 0. The second-order valence-corrected chi connectivity index (χ2v) is 12.9. The van der Waals surface area contributed by atoms with Crippen molar-refractivity contribution in [1.82, 2.24) is 0 Å². The van der Waals surface area contributed by atoms with Crippen LogP contribution in [0.15, 0.2) is 131 Å². The average molecular weight is 631 g/mol. The fraction of sp³-hybridized carbons (Fsp3) is 0.0625. The molecule has 0 saturated carbocycles. The van der Waals surface area contributed by atoms with Crippen molar-refractivity contribution in [2.45, 2.75) is 9.79 Å². The van der Waals surface area contributed by atoms with Crippen molar-refractivity contribution in [2.24, 2.45) is 0 Å². The number of ether oxygens (including phenoxy) is 2. The van der Waals surface area contributed by atoms with Gasteiger partial charge in [-0.05, 0) is 84.9 Å². The third kappa shape index (κ3) is 7.22. The number of anilines is 6. The Balaban J connectivity index is 1.64. The number of nitrogens with one attached hydrogen (secondary N) is 4. The maximum absolute atomic E-state index is 13.4. The van der Waals surface area contributed by atoms with Crippen LogP contribution in [-0.4, -0.2) is 31.1 Å². The highest BCUT2D eigenvalue weighted by Gasteiger charge is 2.22. The van der Waals surface area contributed by atoms with E-state index in [1.54, 1.807) is 99.1 Å². The van der Waals surface area contributed by atoms with Crippen LogP contribution >= 0.6 is 0 Å². The van der Waals surface area contributed by atoms with Crippen LogP contribution in [-0.2, 0) is 20.0 Å². The second kappa shape index (κ2) is 13.0. The van der Waals surface area contributed by atoms with Crippen LogP contribution in [0.3, 0.4) is 0 Å². The van der Waals surface area contributed by atoms with Crippen LogP contribution < -0.4 is 29.6 Å². The Bertz CT molecular complexity index is 1790. The first-order chi connectivity index (χ1) is 21.2. The van der Waals surface area contributed by atoms with Crippen molar-refractivity contribution in [3.8, 4) is 11.5 Å². The van der Waals surface area contributed by atoms with E-state index >= 15 is 0 Å². The molecule has 0 aromatic heterocycles. The van der Waals surface area contributed by atoms with Crippen LogP contribution in [0.4, 0.5) is 34.1 Å². The molecule has 0 aliphatic heterocycles. The van der Waals surface area contributed by atoms with Crippen molar-refractivity contribution in [3.63, 3.8) is 0 Å². The highest BCUT2D eigenvalue weighted by Crippen LogP contribution is 2.39. The maximum Gasteiger partial charge on any atom is 0.261 e. The van der Waals surface area contributed by atoms with Gasteiger partial charge in [0.2, 0.25) is 0 Å². The van der Waals surface area contributed by atoms with Crippen LogP contribution in [0.2, 0.25) is 0 Å². The molecule has 12 heteroatoms. The van der Waals surface area contributed by atoms with Gasteiger partial charge in [-0.1, -0.05) is 36.4 Å². The summed E-state index contributed by atoms with van der Waals surface area (Å²) in [5.41, 5.74) is 2.14. The van der Waals surface area contributed by atoms with E-state index in [9.17, 15) is 16.8 Å². The molecular weight excluding hydrogens is 601 g/mol. The van der Waals surface area contributed by atoms with Crippen molar-refractivity contribution in [3.05, 3.63) is 121 Å². The van der Waals surface area contributed by atoms with Gasteiger partial charge < -0.3 is 20.1 Å². The Morgan fingerprint density at radius 1 is 0.455 bits per heavy atom. The third-order valence-corrected chi connectivity index (χ3v) is 9.25. The van der Waals surface area contributed by atoms with Crippen LogP contribution in [0.25, 0.3) is 0 Å². The average Bonchev–Trinajstić information content (AvgIpc) is 3.04. The van der Waals surface area contributed by atoms with E-state index in [-0.39, 0.29) is 21.2 Å². The number of sulfonamides is 2. The fourth-order valence-corrected chi connectivity index (χ4v) is 6.43. The van der Waals surface area contributed by atoms with Crippen molar-refractivity contribution < 1.29 is 26.3 Å². The Hall–Kier alpha value is -5.20. The van der Waals surface area contributed by atoms with Gasteiger partial charge in [-0.3, -0.25) is 9.44 Å². The third-order valence-electron chi connectivity index (χ3n) is 6.49. The molecule has 0 heterocycles. The Kier molecular flexibility index (Phi) is 8.93. The van der Waals surface area contributed by atoms with Crippen LogP contribution in [0.5, 0.6) is 11.5 Å². The largest absolute Gasteiger partial charge is 0.497 e. The lowest BCUT2D eigenvalue weighted by Crippen LogP contribution is -2.16. The summed E-state index contributed by atoms with van der Waals surface area (Å²) in [6, 6.07) is 32.9. The molecule has 44 heavy (non-hydrogen) atoms. The van der Waals surface area contributed by atoms with Crippen molar-refractivity contribution >= 4 is 54.2 Å². The van der Waals surface area contributed by atoms with Gasteiger partial charge in [-0.25, -0.2) is 16.8 Å². The quantitative estimate of drug-likeness (QED) is 0.118. The molecule has 5 aromatic rings. The van der Waals surface area contributed by atoms with Gasteiger partial charge in [0.15, 0.2) is 0 Å². The highest BCUT2D eigenvalue weighted by molar-refractivity contribution is 7.93. The number of hydrogen-bond donors (Lipinski definition) is 4.